The molecule has 3 aromatic rings. The first-order chi connectivity index (χ1) is 22.4. The molecule has 6 aliphatic heterocycles. The number of fused-ring (bicyclic) bond motifs is 3. The van der Waals surface area contributed by atoms with Gasteiger partial charge in [-0.3, -0.25) is 20.7 Å². The molecule has 7 aliphatic rings. The third-order valence-electron chi connectivity index (χ3n) is 11.4. The van der Waals surface area contributed by atoms with Crippen molar-refractivity contribution in [1.29, 1.82) is 0 Å². The lowest BCUT2D eigenvalue weighted by atomic mass is 9.68. The molecular weight excluding hydrogens is 614 g/mol. The van der Waals surface area contributed by atoms with Crippen molar-refractivity contribution >= 4 is 34.4 Å². The van der Waals surface area contributed by atoms with E-state index in [-0.39, 0.29) is 58.8 Å². The van der Waals surface area contributed by atoms with Gasteiger partial charge in [0.05, 0.1) is 29.4 Å². The van der Waals surface area contributed by atoms with E-state index >= 15 is 4.39 Å². The molecule has 0 spiro atoms. The van der Waals surface area contributed by atoms with E-state index in [9.17, 15) is 4.39 Å². The van der Waals surface area contributed by atoms with Gasteiger partial charge in [-0.05, 0) is 56.6 Å². The van der Waals surface area contributed by atoms with Crippen LogP contribution in [-0.2, 0) is 6.54 Å². The van der Waals surface area contributed by atoms with Crippen LogP contribution in [0.25, 0.3) is 17.0 Å². The average molecular weight is 653 g/mol. The summed E-state index contributed by atoms with van der Waals surface area (Å²) in [7, 11) is 0. The van der Waals surface area contributed by atoms with E-state index in [1.165, 1.54) is 0 Å². The Kier molecular flexibility index (Phi) is 7.17. The van der Waals surface area contributed by atoms with Gasteiger partial charge >= 0.3 is 6.01 Å². The molecule has 11 nitrogen and oxygen atoms in total. The van der Waals surface area contributed by atoms with Crippen LogP contribution in [0.1, 0.15) is 55.8 Å². The van der Waals surface area contributed by atoms with Crippen molar-refractivity contribution in [2.24, 2.45) is 17.8 Å². The molecule has 0 radical (unpaired) electrons. The molecule has 46 heavy (non-hydrogen) atoms. The summed E-state index contributed by atoms with van der Waals surface area (Å²) in [5.74, 6) is 0.0187. The number of pyridine rings is 1. The molecular formula is C32H39ClF2N10O. The summed E-state index contributed by atoms with van der Waals surface area (Å²) in [4.78, 5) is 20.7. The van der Waals surface area contributed by atoms with Gasteiger partial charge in [-0.2, -0.15) is 25.0 Å². The molecule has 244 valence electrons. The number of rotatable bonds is 3. The van der Waals surface area contributed by atoms with Crippen molar-refractivity contribution in [3.05, 3.63) is 35.7 Å². The van der Waals surface area contributed by atoms with Crippen molar-refractivity contribution in [2.45, 2.75) is 74.1 Å². The number of aromatic nitrogens is 6. The number of allylic oxidation sites excluding steroid dienone is 1. The van der Waals surface area contributed by atoms with E-state index < -0.39 is 12.0 Å². The molecule has 8 bridgehead atoms. The molecule has 0 amide bonds. The van der Waals surface area contributed by atoms with Gasteiger partial charge < -0.3 is 9.64 Å². The summed E-state index contributed by atoms with van der Waals surface area (Å²) < 4.78 is 38.0. The number of hydrazine groups is 1. The third-order valence-corrected chi connectivity index (χ3v) is 11.9. The zero-order chi connectivity index (χ0) is 31.0. The molecule has 5 unspecified atom stereocenters. The minimum absolute atomic E-state index is 0.0713. The number of halogens is 3. The van der Waals surface area contributed by atoms with Gasteiger partial charge in [-0.25, -0.2) is 8.78 Å². The molecule has 14 heteroatoms. The topological polar surface area (TPSA) is 109 Å². The highest BCUT2D eigenvalue weighted by Gasteiger charge is 2.50. The summed E-state index contributed by atoms with van der Waals surface area (Å²) in [6.45, 7) is 4.40. The molecule has 9 heterocycles. The van der Waals surface area contributed by atoms with Crippen LogP contribution in [0.4, 0.5) is 14.6 Å². The first-order valence-electron chi connectivity index (χ1n) is 16.8. The minimum atomic E-state index is -0.868. The molecule has 3 aromatic heterocycles. The van der Waals surface area contributed by atoms with Crippen molar-refractivity contribution in [1.82, 2.24) is 45.7 Å². The monoisotopic (exact) mass is 652 g/mol. The zero-order valence-electron chi connectivity index (χ0n) is 25.7. The Bertz CT molecular complexity index is 1670. The average Bonchev–Trinajstić information content (AvgIpc) is 3.83. The maximum atomic E-state index is 17.1. The van der Waals surface area contributed by atoms with Crippen LogP contribution in [-0.4, -0.2) is 97.3 Å². The maximum absolute atomic E-state index is 17.1. The van der Waals surface area contributed by atoms with Gasteiger partial charge in [0.1, 0.15) is 29.8 Å². The quantitative estimate of drug-likeness (QED) is 0.409. The lowest BCUT2D eigenvalue weighted by Crippen LogP contribution is -2.45. The number of anilines is 1. The van der Waals surface area contributed by atoms with Crippen LogP contribution >= 0.6 is 11.6 Å². The maximum Gasteiger partial charge on any atom is 0.319 e. The number of ether oxygens (including phenoxy) is 1. The molecule has 1 aliphatic carbocycles. The summed E-state index contributed by atoms with van der Waals surface area (Å²) in [6.07, 6.45) is 11.7. The fourth-order valence-corrected chi connectivity index (χ4v) is 9.68. The highest BCUT2D eigenvalue weighted by atomic mass is 35.5. The van der Waals surface area contributed by atoms with E-state index in [0.717, 1.165) is 50.9 Å². The van der Waals surface area contributed by atoms with Crippen LogP contribution < -0.4 is 20.5 Å². The van der Waals surface area contributed by atoms with Gasteiger partial charge in [0, 0.05) is 62.1 Å². The number of piperidine rings is 1. The summed E-state index contributed by atoms with van der Waals surface area (Å²) in [5, 5.41) is 9.64. The number of alkyl halides is 2. The molecule has 10 rings (SSSR count). The summed E-state index contributed by atoms with van der Waals surface area (Å²) in [5.41, 5.74) is 7.59. The van der Waals surface area contributed by atoms with Gasteiger partial charge in [0.2, 0.25) is 0 Å². The molecule has 8 atom stereocenters. The van der Waals surface area contributed by atoms with E-state index in [1.807, 2.05) is 6.08 Å². The van der Waals surface area contributed by atoms with Crippen LogP contribution in [0.5, 0.6) is 6.01 Å². The van der Waals surface area contributed by atoms with E-state index in [0.29, 0.717) is 49.5 Å². The van der Waals surface area contributed by atoms with Crippen molar-refractivity contribution in [3.63, 3.8) is 0 Å². The van der Waals surface area contributed by atoms with E-state index in [4.69, 9.17) is 36.4 Å². The van der Waals surface area contributed by atoms with Crippen LogP contribution in [0.3, 0.4) is 0 Å². The predicted octanol–water partition coefficient (Wildman–Crippen LogP) is 3.46. The predicted molar refractivity (Wildman–Crippen MR) is 169 cm³/mol. The smallest absolute Gasteiger partial charge is 0.319 e. The number of nitrogens with one attached hydrogen (secondary N) is 2. The summed E-state index contributed by atoms with van der Waals surface area (Å²) >= 11 is 7.07. The second-order valence-corrected chi connectivity index (χ2v) is 14.8. The molecule has 5 fully saturated rings. The SMILES string of the molecule is Fc1c2ncc3c(nc(OC[C@@]45CCCN4C[C@H](F)C5)nc13)N1CCC[C@H](C1)Cn1ncc(n1)/C=C\C1C(Cl)CC3NNCC3C21. The van der Waals surface area contributed by atoms with E-state index in [1.54, 1.807) is 17.2 Å². The number of hydrogen-bond donors (Lipinski definition) is 2. The third kappa shape index (κ3) is 4.88. The fraction of sp³-hybridized carbons (Fsp3) is 0.656. The van der Waals surface area contributed by atoms with Gasteiger partial charge in [-0.1, -0.05) is 6.08 Å². The first-order valence-corrected chi connectivity index (χ1v) is 17.2. The fourth-order valence-electron chi connectivity index (χ4n) is 9.25. The Morgan fingerprint density at radius 3 is 3.00 bits per heavy atom. The normalized spacial score (nSPS) is 36.2. The first kappa shape index (κ1) is 29.2. The Morgan fingerprint density at radius 2 is 2.07 bits per heavy atom. The Morgan fingerprint density at radius 1 is 1.13 bits per heavy atom. The van der Waals surface area contributed by atoms with Crippen LogP contribution in [0.2, 0.25) is 0 Å². The molecule has 1 saturated carbocycles. The van der Waals surface area contributed by atoms with Crippen molar-refractivity contribution in [2.75, 3.05) is 44.2 Å². The standard InChI is InChI=1S/C32H39ClF2N10O/c33-24-9-25-22(13-37-41-25)26-21(24)5-4-20-11-38-45(42-20)15-18-3-1-7-43(14-18)30-23-12-36-29(26)27(35)28(23)39-31(40-30)46-17-32-6-2-8-44(32)16-19(34)10-32/h4-5,11-12,18-19,21-22,24-26,37,41H,1-3,6-10,13-17H2/b5-4-/t18-,19-,21?,22?,24?,25?,26?,32+/m1/s1. The highest BCUT2D eigenvalue weighted by Crippen LogP contribution is 2.47. The van der Waals surface area contributed by atoms with Crippen LogP contribution in [0, 0.1) is 23.6 Å². The van der Waals surface area contributed by atoms with Gasteiger partial charge in [-0.15, -0.1) is 11.6 Å². The van der Waals surface area contributed by atoms with Gasteiger partial charge in [0.15, 0.2) is 5.82 Å². The minimum Gasteiger partial charge on any atom is -0.461 e. The number of nitrogens with zero attached hydrogens (tertiary/aromatic N) is 8. The highest BCUT2D eigenvalue weighted by molar-refractivity contribution is 6.21. The molecule has 4 saturated heterocycles. The Labute approximate surface area is 271 Å². The molecule has 2 N–H and O–H groups in total. The van der Waals surface area contributed by atoms with E-state index in [2.05, 4.69) is 31.8 Å². The molecule has 0 aromatic carbocycles. The van der Waals surface area contributed by atoms with Gasteiger partial charge in [0.25, 0.3) is 0 Å². The lowest BCUT2D eigenvalue weighted by molar-refractivity contribution is 0.107. The second kappa shape index (κ2) is 11.3. The second-order valence-electron chi connectivity index (χ2n) is 14.2. The summed E-state index contributed by atoms with van der Waals surface area (Å²) in [6, 6.07) is 0.214. The van der Waals surface area contributed by atoms with Crippen LogP contribution in [0.15, 0.2) is 18.5 Å². The Balaban J connectivity index is 1.18. The lowest BCUT2D eigenvalue weighted by Gasteiger charge is -2.41. The van der Waals surface area contributed by atoms with Crippen molar-refractivity contribution in [3.8, 4) is 6.01 Å². The Hall–Kier alpha value is -3.00. The van der Waals surface area contributed by atoms with Crippen molar-refractivity contribution < 1.29 is 13.5 Å². The zero-order valence-corrected chi connectivity index (χ0v) is 26.4. The number of hydrogen-bond acceptors (Lipinski definition) is 10. The largest absolute Gasteiger partial charge is 0.461 e.